The van der Waals surface area contributed by atoms with Crippen LogP contribution in [0.1, 0.15) is 30.1 Å². The Bertz CT molecular complexity index is 1050. The summed E-state index contributed by atoms with van der Waals surface area (Å²) >= 11 is 6.61. The van der Waals surface area contributed by atoms with E-state index in [4.69, 9.17) is 21.7 Å². The first-order valence-corrected chi connectivity index (χ1v) is 11.5. The lowest BCUT2D eigenvalue weighted by molar-refractivity contribution is -0.119. The number of anilines is 1. The number of ether oxygens (including phenoxy) is 2. The molecule has 0 aliphatic rings. The Morgan fingerprint density at radius 1 is 1.03 bits per heavy atom. The number of para-hydroxylation sites is 1. The summed E-state index contributed by atoms with van der Waals surface area (Å²) in [6, 6.07) is 19.0. The minimum Gasteiger partial charge on any atom is -0.494 e. The van der Waals surface area contributed by atoms with Gasteiger partial charge in [0.2, 0.25) is 5.91 Å². The molecule has 0 radical (unpaired) electrons. The Morgan fingerprint density at radius 3 is 2.41 bits per heavy atom. The standard InChI is InChI=1S/C24H24N2O4S2/c1-2-29-23(28)21-19(17-10-5-3-6-11-17)16-32-22(21)26-24(31)25-20(27)14-9-15-30-18-12-7-4-8-13-18/h3-8,10-13,16H,2,9,14-15H2,1H3,(H2,25,26,27,31). The molecule has 166 valence electrons. The molecule has 0 aliphatic carbocycles. The number of rotatable bonds is 9. The zero-order valence-corrected chi connectivity index (χ0v) is 19.3. The number of thiophene rings is 1. The third kappa shape index (κ3) is 6.63. The van der Waals surface area contributed by atoms with Gasteiger partial charge in [0, 0.05) is 17.4 Å². The lowest BCUT2D eigenvalue weighted by Crippen LogP contribution is -2.34. The second-order valence-corrected chi connectivity index (χ2v) is 8.00. The van der Waals surface area contributed by atoms with Crippen molar-refractivity contribution in [1.29, 1.82) is 0 Å². The van der Waals surface area contributed by atoms with Crippen LogP contribution in [-0.4, -0.2) is 30.2 Å². The number of amides is 1. The number of esters is 1. The van der Waals surface area contributed by atoms with Crippen LogP contribution in [0.15, 0.2) is 66.0 Å². The third-order valence-corrected chi connectivity index (χ3v) is 5.50. The van der Waals surface area contributed by atoms with E-state index in [1.807, 2.05) is 66.0 Å². The minimum absolute atomic E-state index is 0.131. The van der Waals surface area contributed by atoms with Crippen LogP contribution in [0.5, 0.6) is 5.75 Å². The molecule has 1 amide bonds. The number of carbonyl (C=O) groups is 2. The molecule has 0 bridgehead atoms. The topological polar surface area (TPSA) is 76.7 Å². The van der Waals surface area contributed by atoms with Crippen LogP contribution in [0.2, 0.25) is 0 Å². The minimum atomic E-state index is -0.442. The first-order chi connectivity index (χ1) is 15.6. The van der Waals surface area contributed by atoms with Gasteiger partial charge in [0.25, 0.3) is 0 Å². The van der Waals surface area contributed by atoms with E-state index in [-0.39, 0.29) is 24.0 Å². The first kappa shape index (κ1) is 23.4. The molecule has 0 saturated heterocycles. The van der Waals surface area contributed by atoms with E-state index in [1.54, 1.807) is 6.92 Å². The van der Waals surface area contributed by atoms with Gasteiger partial charge in [0.1, 0.15) is 16.3 Å². The van der Waals surface area contributed by atoms with Crippen LogP contribution >= 0.6 is 23.6 Å². The van der Waals surface area contributed by atoms with Gasteiger partial charge in [0.05, 0.1) is 13.2 Å². The van der Waals surface area contributed by atoms with Crippen LogP contribution in [0.4, 0.5) is 5.00 Å². The Hall–Kier alpha value is -3.23. The molecule has 0 aliphatic heterocycles. The molecule has 3 rings (SSSR count). The summed E-state index contributed by atoms with van der Waals surface area (Å²) in [4.78, 5) is 24.8. The summed E-state index contributed by atoms with van der Waals surface area (Å²) in [5, 5.41) is 8.16. The van der Waals surface area contributed by atoms with E-state index in [1.165, 1.54) is 11.3 Å². The highest BCUT2D eigenvalue weighted by molar-refractivity contribution is 7.80. The molecule has 2 N–H and O–H groups in total. The number of nitrogens with one attached hydrogen (secondary N) is 2. The molecule has 3 aromatic rings. The second kappa shape index (κ2) is 12.0. The summed E-state index contributed by atoms with van der Waals surface area (Å²) in [6.45, 7) is 2.44. The van der Waals surface area contributed by atoms with Crippen molar-refractivity contribution in [3.63, 3.8) is 0 Å². The van der Waals surface area contributed by atoms with Crippen molar-refractivity contribution in [1.82, 2.24) is 5.32 Å². The maximum Gasteiger partial charge on any atom is 0.341 e. The Kier molecular flexibility index (Phi) is 8.77. The maximum atomic E-state index is 12.6. The normalized spacial score (nSPS) is 10.3. The van der Waals surface area contributed by atoms with Crippen molar-refractivity contribution in [3.8, 4) is 16.9 Å². The van der Waals surface area contributed by atoms with Gasteiger partial charge in [-0.25, -0.2) is 4.79 Å². The van der Waals surface area contributed by atoms with Crippen LogP contribution < -0.4 is 15.4 Å². The van der Waals surface area contributed by atoms with Gasteiger partial charge >= 0.3 is 5.97 Å². The molecule has 2 aromatic carbocycles. The van der Waals surface area contributed by atoms with Gasteiger partial charge in [-0.15, -0.1) is 11.3 Å². The molecule has 8 heteroatoms. The van der Waals surface area contributed by atoms with Gasteiger partial charge in [-0.1, -0.05) is 48.5 Å². The number of carbonyl (C=O) groups excluding carboxylic acids is 2. The summed E-state index contributed by atoms with van der Waals surface area (Å²) < 4.78 is 10.8. The molecule has 0 atom stereocenters. The molecular weight excluding hydrogens is 444 g/mol. The van der Waals surface area contributed by atoms with Crippen LogP contribution in [0.25, 0.3) is 11.1 Å². The number of benzene rings is 2. The van der Waals surface area contributed by atoms with Gasteiger partial charge < -0.3 is 20.1 Å². The number of hydrogen-bond acceptors (Lipinski definition) is 6. The van der Waals surface area contributed by atoms with Crippen molar-refractivity contribution in [3.05, 3.63) is 71.6 Å². The molecule has 0 saturated carbocycles. The van der Waals surface area contributed by atoms with Crippen LogP contribution in [0, 0.1) is 0 Å². The highest BCUT2D eigenvalue weighted by atomic mass is 32.1. The zero-order chi connectivity index (χ0) is 22.8. The van der Waals surface area contributed by atoms with Gasteiger partial charge in [0.15, 0.2) is 5.11 Å². The number of thiocarbonyl (C=S) groups is 1. The number of hydrogen-bond donors (Lipinski definition) is 2. The van der Waals surface area contributed by atoms with E-state index in [2.05, 4.69) is 10.6 Å². The Morgan fingerprint density at radius 2 is 1.72 bits per heavy atom. The lowest BCUT2D eigenvalue weighted by atomic mass is 10.0. The van der Waals surface area contributed by atoms with Crippen molar-refractivity contribution in [2.75, 3.05) is 18.5 Å². The molecule has 0 unspecified atom stereocenters. The lowest BCUT2D eigenvalue weighted by Gasteiger charge is -2.11. The van der Waals surface area contributed by atoms with Crippen molar-refractivity contribution in [2.24, 2.45) is 0 Å². The quantitative estimate of drug-likeness (QED) is 0.253. The fourth-order valence-electron chi connectivity index (χ4n) is 2.95. The Labute approximate surface area is 196 Å². The average Bonchev–Trinajstić information content (AvgIpc) is 3.21. The fourth-order valence-corrected chi connectivity index (χ4v) is 4.19. The first-order valence-electron chi connectivity index (χ1n) is 10.2. The molecule has 0 spiro atoms. The Balaban J connectivity index is 1.57. The second-order valence-electron chi connectivity index (χ2n) is 6.71. The largest absolute Gasteiger partial charge is 0.494 e. The fraction of sp³-hybridized carbons (Fsp3) is 0.208. The van der Waals surface area contributed by atoms with E-state index in [0.717, 1.165) is 16.9 Å². The van der Waals surface area contributed by atoms with Crippen LogP contribution in [-0.2, 0) is 9.53 Å². The highest BCUT2D eigenvalue weighted by Crippen LogP contribution is 2.36. The zero-order valence-electron chi connectivity index (χ0n) is 17.6. The van der Waals surface area contributed by atoms with E-state index in [9.17, 15) is 9.59 Å². The summed E-state index contributed by atoms with van der Waals surface area (Å²) in [6.07, 6.45) is 0.813. The van der Waals surface area contributed by atoms with E-state index >= 15 is 0 Å². The SMILES string of the molecule is CCOC(=O)c1c(-c2ccccc2)csc1NC(=S)NC(=O)CCCOc1ccccc1. The third-order valence-electron chi connectivity index (χ3n) is 4.40. The average molecular weight is 469 g/mol. The molecule has 0 fully saturated rings. The summed E-state index contributed by atoms with van der Waals surface area (Å²) in [5.41, 5.74) is 2.05. The summed E-state index contributed by atoms with van der Waals surface area (Å²) in [7, 11) is 0. The predicted octanol–water partition coefficient (Wildman–Crippen LogP) is 5.26. The molecule has 32 heavy (non-hydrogen) atoms. The van der Waals surface area contributed by atoms with Gasteiger partial charge in [-0.3, -0.25) is 4.79 Å². The molecule has 6 nitrogen and oxygen atoms in total. The molecule has 1 aromatic heterocycles. The van der Waals surface area contributed by atoms with Crippen molar-refractivity contribution in [2.45, 2.75) is 19.8 Å². The van der Waals surface area contributed by atoms with Gasteiger partial charge in [-0.2, -0.15) is 0 Å². The smallest absolute Gasteiger partial charge is 0.341 e. The molecule has 1 heterocycles. The molecular formula is C24H24N2O4S2. The maximum absolute atomic E-state index is 12.6. The van der Waals surface area contributed by atoms with Crippen molar-refractivity contribution >= 4 is 45.5 Å². The van der Waals surface area contributed by atoms with E-state index in [0.29, 0.717) is 23.6 Å². The van der Waals surface area contributed by atoms with Gasteiger partial charge in [-0.05, 0) is 43.3 Å². The predicted molar refractivity (Wildman–Crippen MR) is 131 cm³/mol. The highest BCUT2D eigenvalue weighted by Gasteiger charge is 2.22. The van der Waals surface area contributed by atoms with Crippen LogP contribution in [0.3, 0.4) is 0 Å². The van der Waals surface area contributed by atoms with E-state index < -0.39 is 5.97 Å². The summed E-state index contributed by atoms with van der Waals surface area (Å²) in [5.74, 6) is 0.0995. The monoisotopic (exact) mass is 468 g/mol. The van der Waals surface area contributed by atoms with Crippen molar-refractivity contribution < 1.29 is 19.1 Å².